The van der Waals surface area contributed by atoms with Crippen LogP contribution < -0.4 is 10.1 Å². The van der Waals surface area contributed by atoms with Gasteiger partial charge in [-0.05, 0) is 42.4 Å². The van der Waals surface area contributed by atoms with Gasteiger partial charge < -0.3 is 14.4 Å². The number of amides is 2. The van der Waals surface area contributed by atoms with Gasteiger partial charge in [-0.25, -0.2) is 4.79 Å². The number of hydrogen-bond donors (Lipinski definition) is 1. The molecule has 7 heteroatoms. The standard InChI is InChI=1S/C21H25N3O4/c1-23-11-12-24(20(25)14-23)13-16-3-7-18(8-4-16)22-21(26)28-15-17-5-9-19(27-2)10-6-17/h3-10H,11-15H2,1-2H3,(H,22,26). The largest absolute Gasteiger partial charge is 0.497 e. The van der Waals surface area contributed by atoms with Crippen LogP contribution in [0.2, 0.25) is 0 Å². The van der Waals surface area contributed by atoms with Gasteiger partial charge in [-0.3, -0.25) is 15.0 Å². The van der Waals surface area contributed by atoms with Crippen molar-refractivity contribution < 1.29 is 19.1 Å². The van der Waals surface area contributed by atoms with E-state index in [2.05, 4.69) is 5.32 Å². The Labute approximate surface area is 164 Å². The molecule has 1 saturated heterocycles. The third kappa shape index (κ3) is 5.47. The van der Waals surface area contributed by atoms with Crippen LogP contribution in [-0.4, -0.2) is 55.6 Å². The Morgan fingerprint density at radius 1 is 1.04 bits per heavy atom. The molecule has 2 aromatic rings. The zero-order valence-corrected chi connectivity index (χ0v) is 16.2. The first-order valence-corrected chi connectivity index (χ1v) is 9.15. The maximum absolute atomic E-state index is 12.0. The molecule has 1 fully saturated rings. The summed E-state index contributed by atoms with van der Waals surface area (Å²) in [5.74, 6) is 0.893. The van der Waals surface area contributed by atoms with Gasteiger partial charge in [0.25, 0.3) is 0 Å². The van der Waals surface area contributed by atoms with Crippen molar-refractivity contribution in [3.8, 4) is 5.75 Å². The minimum Gasteiger partial charge on any atom is -0.497 e. The number of methoxy groups -OCH3 is 1. The fourth-order valence-electron chi connectivity index (χ4n) is 2.93. The molecule has 0 radical (unpaired) electrons. The second-order valence-corrected chi connectivity index (χ2v) is 6.80. The lowest BCUT2D eigenvalue weighted by atomic mass is 10.2. The molecule has 0 spiro atoms. The van der Waals surface area contributed by atoms with Crippen LogP contribution in [-0.2, 0) is 22.7 Å². The van der Waals surface area contributed by atoms with E-state index in [1.807, 2.05) is 65.4 Å². The highest BCUT2D eigenvalue weighted by Gasteiger charge is 2.21. The zero-order valence-electron chi connectivity index (χ0n) is 16.2. The predicted octanol–water partition coefficient (Wildman–Crippen LogP) is 2.72. The van der Waals surface area contributed by atoms with E-state index in [1.54, 1.807) is 7.11 Å². The first-order valence-electron chi connectivity index (χ1n) is 9.15. The highest BCUT2D eigenvalue weighted by molar-refractivity contribution is 5.84. The number of benzene rings is 2. The Morgan fingerprint density at radius 2 is 1.71 bits per heavy atom. The third-order valence-corrected chi connectivity index (χ3v) is 4.61. The van der Waals surface area contributed by atoms with Crippen LogP contribution in [0.15, 0.2) is 48.5 Å². The molecule has 0 atom stereocenters. The SMILES string of the molecule is COc1ccc(COC(=O)Nc2ccc(CN3CCN(C)CC3=O)cc2)cc1. The summed E-state index contributed by atoms with van der Waals surface area (Å²) in [4.78, 5) is 27.9. The summed E-state index contributed by atoms with van der Waals surface area (Å²) < 4.78 is 10.3. The van der Waals surface area contributed by atoms with Gasteiger partial charge in [-0.1, -0.05) is 24.3 Å². The van der Waals surface area contributed by atoms with Crippen LogP contribution >= 0.6 is 0 Å². The van der Waals surface area contributed by atoms with Crippen LogP contribution in [0.5, 0.6) is 5.75 Å². The molecule has 1 heterocycles. The van der Waals surface area contributed by atoms with E-state index in [0.717, 1.165) is 30.0 Å². The van der Waals surface area contributed by atoms with Crippen molar-refractivity contribution in [2.45, 2.75) is 13.2 Å². The molecule has 0 unspecified atom stereocenters. The van der Waals surface area contributed by atoms with Crippen molar-refractivity contribution in [3.05, 3.63) is 59.7 Å². The van der Waals surface area contributed by atoms with Crippen LogP contribution in [0.4, 0.5) is 10.5 Å². The maximum Gasteiger partial charge on any atom is 0.411 e. The summed E-state index contributed by atoms with van der Waals surface area (Å²) in [5.41, 5.74) is 2.55. The summed E-state index contributed by atoms with van der Waals surface area (Å²) >= 11 is 0. The molecule has 1 aliphatic rings. The molecule has 3 rings (SSSR count). The van der Waals surface area contributed by atoms with E-state index >= 15 is 0 Å². The predicted molar refractivity (Wildman–Crippen MR) is 106 cm³/mol. The number of likely N-dealkylation sites (N-methyl/N-ethyl adjacent to an activating group) is 1. The quantitative estimate of drug-likeness (QED) is 0.831. The lowest BCUT2D eigenvalue weighted by molar-refractivity contribution is -0.136. The average Bonchev–Trinajstić information content (AvgIpc) is 2.70. The number of piperazine rings is 1. The monoisotopic (exact) mass is 383 g/mol. The Hall–Kier alpha value is -3.06. The smallest absolute Gasteiger partial charge is 0.411 e. The summed E-state index contributed by atoms with van der Waals surface area (Å²) in [7, 11) is 3.55. The molecule has 7 nitrogen and oxygen atoms in total. The van der Waals surface area contributed by atoms with E-state index in [4.69, 9.17) is 9.47 Å². The Kier molecular flexibility index (Phi) is 6.49. The molecule has 2 amide bonds. The zero-order chi connectivity index (χ0) is 19.9. The van der Waals surface area contributed by atoms with Gasteiger partial charge in [0.1, 0.15) is 12.4 Å². The van der Waals surface area contributed by atoms with Crippen LogP contribution in [0.1, 0.15) is 11.1 Å². The Bertz CT molecular complexity index is 805. The Balaban J connectivity index is 1.46. The molecule has 1 N–H and O–H groups in total. The highest BCUT2D eigenvalue weighted by Crippen LogP contribution is 2.15. The number of carbonyl (C=O) groups is 2. The van der Waals surface area contributed by atoms with E-state index in [0.29, 0.717) is 18.8 Å². The first-order chi connectivity index (χ1) is 13.5. The summed E-state index contributed by atoms with van der Waals surface area (Å²) in [6.07, 6.45) is -0.516. The van der Waals surface area contributed by atoms with E-state index < -0.39 is 6.09 Å². The lowest BCUT2D eigenvalue weighted by Crippen LogP contribution is -2.48. The molecule has 0 aromatic heterocycles. The van der Waals surface area contributed by atoms with Crippen molar-refractivity contribution in [1.82, 2.24) is 9.80 Å². The fraction of sp³-hybridized carbons (Fsp3) is 0.333. The van der Waals surface area contributed by atoms with Crippen molar-refractivity contribution >= 4 is 17.7 Å². The molecule has 1 aliphatic heterocycles. The second-order valence-electron chi connectivity index (χ2n) is 6.80. The van der Waals surface area contributed by atoms with Crippen LogP contribution in [0, 0.1) is 0 Å². The number of anilines is 1. The van der Waals surface area contributed by atoms with E-state index in [9.17, 15) is 9.59 Å². The number of rotatable bonds is 6. The topological polar surface area (TPSA) is 71.1 Å². The molecule has 0 saturated carbocycles. The maximum atomic E-state index is 12.0. The fourth-order valence-corrected chi connectivity index (χ4v) is 2.93. The number of hydrogen-bond acceptors (Lipinski definition) is 5. The van der Waals surface area contributed by atoms with Gasteiger partial charge in [-0.2, -0.15) is 0 Å². The highest BCUT2D eigenvalue weighted by atomic mass is 16.5. The van der Waals surface area contributed by atoms with Crippen LogP contribution in [0.3, 0.4) is 0 Å². The van der Waals surface area contributed by atoms with Gasteiger partial charge in [0.2, 0.25) is 5.91 Å². The molecule has 28 heavy (non-hydrogen) atoms. The van der Waals surface area contributed by atoms with Gasteiger partial charge in [0, 0.05) is 25.3 Å². The molecule has 0 aliphatic carbocycles. The summed E-state index contributed by atoms with van der Waals surface area (Å²) in [6, 6.07) is 14.8. The third-order valence-electron chi connectivity index (χ3n) is 4.61. The van der Waals surface area contributed by atoms with Gasteiger partial charge in [0.15, 0.2) is 0 Å². The minimum atomic E-state index is -0.516. The van der Waals surface area contributed by atoms with Gasteiger partial charge >= 0.3 is 6.09 Å². The molecule has 148 valence electrons. The number of nitrogens with zero attached hydrogens (tertiary/aromatic N) is 2. The average molecular weight is 383 g/mol. The van der Waals surface area contributed by atoms with Crippen LogP contribution in [0.25, 0.3) is 0 Å². The van der Waals surface area contributed by atoms with E-state index in [-0.39, 0.29) is 12.5 Å². The molecule has 2 aromatic carbocycles. The molecule has 0 bridgehead atoms. The van der Waals surface area contributed by atoms with Gasteiger partial charge in [0.05, 0.1) is 13.7 Å². The number of ether oxygens (including phenoxy) is 2. The first kappa shape index (κ1) is 19.7. The van der Waals surface area contributed by atoms with E-state index in [1.165, 1.54) is 0 Å². The second kappa shape index (κ2) is 9.23. The molecular formula is C21H25N3O4. The van der Waals surface area contributed by atoms with Crippen molar-refractivity contribution in [3.63, 3.8) is 0 Å². The summed E-state index contributed by atoms with van der Waals surface area (Å²) in [5, 5.41) is 2.71. The van der Waals surface area contributed by atoms with Gasteiger partial charge in [-0.15, -0.1) is 0 Å². The minimum absolute atomic E-state index is 0.137. The summed E-state index contributed by atoms with van der Waals surface area (Å²) in [6.45, 7) is 2.83. The Morgan fingerprint density at radius 3 is 2.36 bits per heavy atom. The normalized spacial score (nSPS) is 14.6. The lowest BCUT2D eigenvalue weighted by Gasteiger charge is -2.32. The van der Waals surface area contributed by atoms with Crippen molar-refractivity contribution in [2.24, 2.45) is 0 Å². The number of nitrogens with one attached hydrogen (secondary N) is 1. The van der Waals surface area contributed by atoms with Crippen molar-refractivity contribution in [1.29, 1.82) is 0 Å². The van der Waals surface area contributed by atoms with Crippen molar-refractivity contribution in [2.75, 3.05) is 39.1 Å². The number of carbonyl (C=O) groups excluding carboxylic acids is 2. The molecular weight excluding hydrogens is 358 g/mol.